The van der Waals surface area contributed by atoms with E-state index in [-0.39, 0.29) is 0 Å². The number of rotatable bonds is 33. The summed E-state index contributed by atoms with van der Waals surface area (Å²) in [6.45, 7) is 9.38. The molecule has 0 saturated carbocycles. The third-order valence-corrected chi connectivity index (χ3v) is 9.38. The Morgan fingerprint density at radius 3 is 0.579 bits per heavy atom. The van der Waals surface area contributed by atoms with Crippen molar-refractivity contribution in [1.82, 2.24) is 0 Å². The van der Waals surface area contributed by atoms with E-state index < -0.39 is 0 Å². The van der Waals surface area contributed by atoms with E-state index in [1.807, 2.05) is 0 Å². The van der Waals surface area contributed by atoms with Gasteiger partial charge in [0.15, 0.2) is 0 Å². The molecule has 0 fully saturated rings. The van der Waals surface area contributed by atoms with Gasteiger partial charge in [0, 0.05) is 0 Å². The molecule has 0 aromatic rings. The lowest BCUT2D eigenvalue weighted by molar-refractivity contribution is 0.236. The maximum absolute atomic E-state index is 2.36. The Bertz CT molecular complexity index is 361. The second kappa shape index (κ2) is 33.2. The molecule has 0 nitrogen and oxygen atoms in total. The van der Waals surface area contributed by atoms with E-state index >= 15 is 0 Å². The molecule has 2 unspecified atom stereocenters. The van der Waals surface area contributed by atoms with E-state index in [1.54, 1.807) is 12.8 Å². The molecule has 0 rings (SSSR count). The van der Waals surface area contributed by atoms with Gasteiger partial charge in [0.05, 0.1) is 0 Å². The second-order valence-electron chi connectivity index (χ2n) is 13.2. The zero-order valence-electron chi connectivity index (χ0n) is 27.8. The standard InChI is InChI=1S/C38H78/c1-5-9-13-17-19-21-23-25-27-31-35-37(33-29-15-11-7-3)38(34-30-16-12-8-4)36-32-28-26-24-22-20-18-14-10-6-2/h37-38H,5-36H2,1-4H3. The Hall–Kier alpha value is 0. The lowest BCUT2D eigenvalue weighted by Crippen LogP contribution is -2.16. The van der Waals surface area contributed by atoms with Gasteiger partial charge in [-0.05, 0) is 11.8 Å². The summed E-state index contributed by atoms with van der Waals surface area (Å²) in [7, 11) is 0. The Morgan fingerprint density at radius 1 is 0.211 bits per heavy atom. The maximum atomic E-state index is 2.36. The van der Waals surface area contributed by atoms with Crippen LogP contribution in [0, 0.1) is 11.8 Å². The molecule has 0 bridgehead atoms. The fraction of sp³-hybridized carbons (Fsp3) is 1.00. The SMILES string of the molecule is CCCCCCCCCCCCC(CCCCCC)C(CCCCCC)CCCCCCCCCCCC. The lowest BCUT2D eigenvalue weighted by atomic mass is 9.78. The van der Waals surface area contributed by atoms with E-state index in [1.165, 1.54) is 193 Å². The van der Waals surface area contributed by atoms with Crippen LogP contribution in [-0.4, -0.2) is 0 Å². The normalized spacial score (nSPS) is 13.3. The molecule has 0 aliphatic rings. The molecule has 0 heteroatoms. The number of unbranched alkanes of at least 4 members (excludes halogenated alkanes) is 24. The van der Waals surface area contributed by atoms with Crippen molar-refractivity contribution < 1.29 is 0 Å². The fourth-order valence-corrected chi connectivity index (χ4v) is 6.69. The van der Waals surface area contributed by atoms with E-state index in [4.69, 9.17) is 0 Å². The van der Waals surface area contributed by atoms with Crippen molar-refractivity contribution in [3.05, 3.63) is 0 Å². The van der Waals surface area contributed by atoms with Crippen LogP contribution in [0.4, 0.5) is 0 Å². The Morgan fingerprint density at radius 2 is 0.368 bits per heavy atom. The van der Waals surface area contributed by atoms with Gasteiger partial charge in [0.25, 0.3) is 0 Å². The summed E-state index contributed by atoms with van der Waals surface area (Å²) in [6.07, 6.45) is 47.2. The summed E-state index contributed by atoms with van der Waals surface area (Å²) in [5.74, 6) is 2.06. The van der Waals surface area contributed by atoms with Gasteiger partial charge in [-0.3, -0.25) is 0 Å². The first-order valence-corrected chi connectivity index (χ1v) is 18.8. The molecular formula is C38H78. The molecule has 0 N–H and O–H groups in total. The van der Waals surface area contributed by atoms with Crippen LogP contribution in [0.2, 0.25) is 0 Å². The number of hydrogen-bond donors (Lipinski definition) is 0. The van der Waals surface area contributed by atoms with Gasteiger partial charge >= 0.3 is 0 Å². The van der Waals surface area contributed by atoms with Crippen LogP contribution >= 0.6 is 0 Å². The molecular weight excluding hydrogens is 456 g/mol. The molecule has 0 heterocycles. The number of hydrogen-bond acceptors (Lipinski definition) is 0. The monoisotopic (exact) mass is 535 g/mol. The first-order chi connectivity index (χ1) is 18.8. The molecule has 38 heavy (non-hydrogen) atoms. The van der Waals surface area contributed by atoms with Crippen LogP contribution in [0.15, 0.2) is 0 Å². The molecule has 0 amide bonds. The smallest absolute Gasteiger partial charge is 0.0386 e. The predicted octanol–water partition coefficient (Wildman–Crippen LogP) is 14.8. The van der Waals surface area contributed by atoms with Crippen molar-refractivity contribution in [2.75, 3.05) is 0 Å². The first-order valence-electron chi connectivity index (χ1n) is 18.8. The molecule has 230 valence electrons. The average Bonchev–Trinajstić information content (AvgIpc) is 2.93. The summed E-state index contributed by atoms with van der Waals surface area (Å²) in [6, 6.07) is 0. The first kappa shape index (κ1) is 38.0. The van der Waals surface area contributed by atoms with Crippen molar-refractivity contribution in [2.45, 2.75) is 233 Å². The minimum atomic E-state index is 1.03. The molecule has 0 aliphatic carbocycles. The van der Waals surface area contributed by atoms with Gasteiger partial charge in [-0.25, -0.2) is 0 Å². The van der Waals surface area contributed by atoms with Crippen molar-refractivity contribution >= 4 is 0 Å². The van der Waals surface area contributed by atoms with E-state index in [0.29, 0.717) is 0 Å². The molecule has 0 radical (unpaired) electrons. The van der Waals surface area contributed by atoms with Crippen molar-refractivity contribution in [3.63, 3.8) is 0 Å². The summed E-state index contributed by atoms with van der Waals surface area (Å²) in [5, 5.41) is 0. The van der Waals surface area contributed by atoms with Gasteiger partial charge in [-0.2, -0.15) is 0 Å². The zero-order chi connectivity index (χ0) is 27.8. The van der Waals surface area contributed by atoms with Crippen molar-refractivity contribution in [2.24, 2.45) is 11.8 Å². The van der Waals surface area contributed by atoms with Gasteiger partial charge in [0.1, 0.15) is 0 Å². The van der Waals surface area contributed by atoms with Crippen LogP contribution in [0.5, 0.6) is 0 Å². The van der Waals surface area contributed by atoms with E-state index in [9.17, 15) is 0 Å². The quantitative estimate of drug-likeness (QED) is 0.0734. The highest BCUT2D eigenvalue weighted by Crippen LogP contribution is 2.33. The van der Waals surface area contributed by atoms with Crippen LogP contribution < -0.4 is 0 Å². The highest BCUT2D eigenvalue weighted by Gasteiger charge is 2.20. The van der Waals surface area contributed by atoms with Gasteiger partial charge < -0.3 is 0 Å². The molecule has 0 saturated heterocycles. The maximum Gasteiger partial charge on any atom is -0.0386 e. The van der Waals surface area contributed by atoms with Crippen LogP contribution in [0.1, 0.15) is 233 Å². The average molecular weight is 535 g/mol. The zero-order valence-corrected chi connectivity index (χ0v) is 27.8. The molecule has 2 atom stereocenters. The van der Waals surface area contributed by atoms with Gasteiger partial charge in [0.2, 0.25) is 0 Å². The molecule has 0 aromatic heterocycles. The Labute approximate surface area is 244 Å². The summed E-state index contributed by atoms with van der Waals surface area (Å²) >= 11 is 0. The van der Waals surface area contributed by atoms with E-state index in [0.717, 1.165) is 11.8 Å². The summed E-state index contributed by atoms with van der Waals surface area (Å²) < 4.78 is 0. The topological polar surface area (TPSA) is 0 Å². The van der Waals surface area contributed by atoms with E-state index in [2.05, 4.69) is 27.7 Å². The highest BCUT2D eigenvalue weighted by atomic mass is 14.3. The fourth-order valence-electron chi connectivity index (χ4n) is 6.69. The minimum Gasteiger partial charge on any atom is -0.0654 e. The summed E-state index contributed by atoms with van der Waals surface area (Å²) in [5.41, 5.74) is 0. The van der Waals surface area contributed by atoms with Gasteiger partial charge in [-0.15, -0.1) is 0 Å². The van der Waals surface area contributed by atoms with Crippen molar-refractivity contribution in [3.8, 4) is 0 Å². The second-order valence-corrected chi connectivity index (χ2v) is 13.2. The van der Waals surface area contributed by atoms with Gasteiger partial charge in [-0.1, -0.05) is 233 Å². The van der Waals surface area contributed by atoms with Crippen LogP contribution in [0.3, 0.4) is 0 Å². The predicted molar refractivity (Wildman–Crippen MR) is 177 cm³/mol. The lowest BCUT2D eigenvalue weighted by Gasteiger charge is -2.28. The Kier molecular flexibility index (Phi) is 33.2. The molecule has 0 aromatic carbocycles. The minimum absolute atomic E-state index is 1.03. The third kappa shape index (κ3) is 27.6. The molecule has 0 spiro atoms. The van der Waals surface area contributed by atoms with Crippen LogP contribution in [-0.2, 0) is 0 Å². The highest BCUT2D eigenvalue weighted by molar-refractivity contribution is 4.72. The largest absolute Gasteiger partial charge is 0.0654 e. The Balaban J connectivity index is 4.44. The van der Waals surface area contributed by atoms with Crippen LogP contribution in [0.25, 0.3) is 0 Å². The summed E-state index contributed by atoms with van der Waals surface area (Å²) in [4.78, 5) is 0. The third-order valence-electron chi connectivity index (χ3n) is 9.38. The molecule has 0 aliphatic heterocycles. The van der Waals surface area contributed by atoms with Crippen molar-refractivity contribution in [1.29, 1.82) is 0 Å².